The van der Waals surface area contributed by atoms with Gasteiger partial charge in [-0.05, 0) is 51.0 Å². The van der Waals surface area contributed by atoms with Crippen molar-refractivity contribution in [2.75, 3.05) is 11.9 Å². The number of aryl methyl sites for hydroxylation is 1. The molecular weight excluding hydrogens is 426 g/mol. The smallest absolute Gasteiger partial charge is 0.341 e. The Balaban J connectivity index is 1.89. The molecule has 0 bridgehead atoms. The molecule has 0 aromatic carbocycles. The molecule has 2 N–H and O–H groups in total. The molecule has 1 saturated carbocycles. The molecular formula is C25H37NO5S. The van der Waals surface area contributed by atoms with Gasteiger partial charge in [0.25, 0.3) is 0 Å². The fraction of sp³-hybridized carbons (Fsp3) is 0.720. The van der Waals surface area contributed by atoms with Crippen LogP contribution in [0.15, 0.2) is 0 Å². The highest BCUT2D eigenvalue weighted by molar-refractivity contribution is 7.17. The summed E-state index contributed by atoms with van der Waals surface area (Å²) in [6.07, 6.45) is 14.0. The van der Waals surface area contributed by atoms with Gasteiger partial charge in [0.2, 0.25) is 5.91 Å². The van der Waals surface area contributed by atoms with Gasteiger partial charge in [-0.25, -0.2) is 4.79 Å². The highest BCUT2D eigenvalue weighted by Gasteiger charge is 2.37. The monoisotopic (exact) mass is 463 g/mol. The number of anilines is 1. The average molecular weight is 464 g/mol. The van der Waals surface area contributed by atoms with E-state index in [1.54, 1.807) is 6.92 Å². The Hall–Kier alpha value is -1.89. The van der Waals surface area contributed by atoms with Crippen LogP contribution in [0.5, 0.6) is 0 Å². The van der Waals surface area contributed by atoms with Gasteiger partial charge in [0.05, 0.1) is 24.0 Å². The number of rotatable bonds is 5. The predicted octanol–water partition coefficient (Wildman–Crippen LogP) is 5.97. The molecule has 1 amide bonds. The normalized spacial score (nSPS) is 22.7. The van der Waals surface area contributed by atoms with Crippen LogP contribution in [0, 0.1) is 11.8 Å². The Kier molecular flexibility index (Phi) is 9.57. The van der Waals surface area contributed by atoms with Gasteiger partial charge in [-0.2, -0.15) is 0 Å². The van der Waals surface area contributed by atoms with E-state index in [1.807, 2.05) is 0 Å². The van der Waals surface area contributed by atoms with E-state index < -0.39 is 17.8 Å². The average Bonchev–Trinajstić information content (AvgIpc) is 3.10. The maximum Gasteiger partial charge on any atom is 0.341 e. The van der Waals surface area contributed by atoms with Gasteiger partial charge >= 0.3 is 11.9 Å². The number of nitrogens with one attached hydrogen (secondary N) is 1. The van der Waals surface area contributed by atoms with Crippen molar-refractivity contribution < 1.29 is 24.2 Å². The van der Waals surface area contributed by atoms with Crippen molar-refractivity contribution in [3.8, 4) is 0 Å². The van der Waals surface area contributed by atoms with Crippen LogP contribution >= 0.6 is 11.3 Å². The van der Waals surface area contributed by atoms with Crippen molar-refractivity contribution in [3.05, 3.63) is 16.0 Å². The minimum Gasteiger partial charge on any atom is -0.481 e. The van der Waals surface area contributed by atoms with E-state index in [9.17, 15) is 19.5 Å². The van der Waals surface area contributed by atoms with Gasteiger partial charge in [-0.1, -0.05) is 51.4 Å². The third-order valence-corrected chi connectivity index (χ3v) is 8.01. The highest BCUT2D eigenvalue weighted by atomic mass is 32.1. The van der Waals surface area contributed by atoms with Crippen molar-refractivity contribution >= 4 is 34.2 Å². The lowest BCUT2D eigenvalue weighted by Gasteiger charge is -2.27. The second-order valence-corrected chi connectivity index (χ2v) is 10.2. The summed E-state index contributed by atoms with van der Waals surface area (Å²) in [5, 5.41) is 13.1. The summed E-state index contributed by atoms with van der Waals surface area (Å²) < 4.78 is 5.37. The van der Waals surface area contributed by atoms with Crippen LogP contribution in [0.3, 0.4) is 0 Å². The predicted molar refractivity (Wildman–Crippen MR) is 126 cm³/mol. The van der Waals surface area contributed by atoms with Gasteiger partial charge in [-0.3, -0.25) is 9.59 Å². The number of carboxylic acid groups (broad SMARTS) is 1. The molecule has 1 fully saturated rings. The number of carbonyl (C=O) groups is 3. The lowest BCUT2D eigenvalue weighted by atomic mass is 9.78. The fourth-order valence-corrected chi connectivity index (χ4v) is 6.36. The van der Waals surface area contributed by atoms with Gasteiger partial charge in [0, 0.05) is 4.88 Å². The van der Waals surface area contributed by atoms with Crippen LogP contribution in [0.25, 0.3) is 0 Å². The van der Waals surface area contributed by atoms with E-state index in [1.165, 1.54) is 48.3 Å². The number of ether oxygens (including phenoxy) is 1. The fourth-order valence-electron chi connectivity index (χ4n) is 5.08. The molecule has 0 aliphatic heterocycles. The first-order valence-corrected chi connectivity index (χ1v) is 13.2. The van der Waals surface area contributed by atoms with Gasteiger partial charge in [0.15, 0.2) is 0 Å². The highest BCUT2D eigenvalue weighted by Crippen LogP contribution is 2.38. The molecule has 0 radical (unpaired) electrons. The van der Waals surface area contributed by atoms with Crippen LogP contribution in [-0.4, -0.2) is 29.6 Å². The molecule has 0 saturated heterocycles. The second kappa shape index (κ2) is 12.4. The quantitative estimate of drug-likeness (QED) is 0.525. The summed E-state index contributed by atoms with van der Waals surface area (Å²) in [5.74, 6) is -2.78. The summed E-state index contributed by atoms with van der Waals surface area (Å²) in [6.45, 7) is 2.06. The number of carbonyl (C=O) groups excluding carboxylic acids is 2. The van der Waals surface area contributed by atoms with Crippen LogP contribution in [0.2, 0.25) is 0 Å². The molecule has 1 heterocycles. The lowest BCUT2D eigenvalue weighted by Crippen LogP contribution is -2.36. The number of esters is 1. The molecule has 1 aromatic rings. The molecule has 3 rings (SSSR count). The van der Waals surface area contributed by atoms with Crippen LogP contribution < -0.4 is 5.32 Å². The number of carboxylic acids is 1. The summed E-state index contributed by atoms with van der Waals surface area (Å²) in [6, 6.07) is 0. The van der Waals surface area contributed by atoms with E-state index in [2.05, 4.69) is 5.32 Å². The first kappa shape index (κ1) is 24.7. The number of fused-ring (bicyclic) bond motifs is 1. The largest absolute Gasteiger partial charge is 0.481 e. The third-order valence-electron chi connectivity index (χ3n) is 6.81. The number of aliphatic carboxylic acids is 1. The standard InChI is InChI=1S/C25H37NO5S/c1-2-31-25(30)21-19-15-9-7-5-3-4-6-8-10-16-20(19)32-23(21)26-22(27)17-13-11-12-14-18(17)24(28)29/h17-18H,2-16H2,1H3,(H,26,27)(H,28,29). The molecule has 2 aliphatic carbocycles. The topological polar surface area (TPSA) is 92.7 Å². The van der Waals surface area contributed by atoms with Crippen molar-refractivity contribution in [2.24, 2.45) is 11.8 Å². The van der Waals surface area contributed by atoms with E-state index in [0.717, 1.165) is 50.5 Å². The van der Waals surface area contributed by atoms with Crippen LogP contribution in [0.4, 0.5) is 5.00 Å². The first-order valence-electron chi connectivity index (χ1n) is 12.4. The molecule has 2 aliphatic rings. The minimum absolute atomic E-state index is 0.278. The van der Waals surface area contributed by atoms with E-state index in [4.69, 9.17) is 4.74 Å². The molecule has 7 heteroatoms. The molecule has 178 valence electrons. The Morgan fingerprint density at radius 3 is 2.12 bits per heavy atom. The molecule has 2 atom stereocenters. The molecule has 6 nitrogen and oxygen atoms in total. The molecule has 1 aromatic heterocycles. The number of hydrogen-bond donors (Lipinski definition) is 2. The minimum atomic E-state index is -0.909. The van der Waals surface area contributed by atoms with E-state index in [-0.39, 0.29) is 18.5 Å². The van der Waals surface area contributed by atoms with Crippen molar-refractivity contribution in [1.82, 2.24) is 0 Å². The zero-order valence-corrected chi connectivity index (χ0v) is 20.1. The second-order valence-electron chi connectivity index (χ2n) is 9.08. The van der Waals surface area contributed by atoms with Crippen molar-refractivity contribution in [3.63, 3.8) is 0 Å². The maximum atomic E-state index is 13.1. The Bertz CT molecular complexity index is 802. The Labute approximate surface area is 195 Å². The number of amides is 1. The van der Waals surface area contributed by atoms with Gasteiger partial charge < -0.3 is 15.2 Å². The van der Waals surface area contributed by atoms with Gasteiger partial charge in [-0.15, -0.1) is 11.3 Å². The zero-order valence-electron chi connectivity index (χ0n) is 19.2. The Morgan fingerprint density at radius 1 is 0.906 bits per heavy atom. The molecule has 0 spiro atoms. The lowest BCUT2D eigenvalue weighted by molar-refractivity contribution is -0.147. The number of hydrogen-bond acceptors (Lipinski definition) is 5. The first-order chi connectivity index (χ1) is 15.5. The molecule has 2 unspecified atom stereocenters. The van der Waals surface area contributed by atoms with Crippen LogP contribution in [0.1, 0.15) is 105 Å². The Morgan fingerprint density at radius 2 is 1.50 bits per heavy atom. The summed E-state index contributed by atoms with van der Waals surface area (Å²) in [7, 11) is 0. The van der Waals surface area contributed by atoms with Crippen molar-refractivity contribution in [1.29, 1.82) is 0 Å². The third kappa shape index (κ3) is 6.33. The summed E-state index contributed by atoms with van der Waals surface area (Å²) in [4.78, 5) is 38.9. The maximum absolute atomic E-state index is 13.1. The van der Waals surface area contributed by atoms with Gasteiger partial charge in [0.1, 0.15) is 5.00 Å². The summed E-state index contributed by atoms with van der Waals surface area (Å²) in [5.41, 5.74) is 1.53. The van der Waals surface area contributed by atoms with E-state index >= 15 is 0 Å². The van der Waals surface area contributed by atoms with Crippen LogP contribution in [-0.2, 0) is 27.2 Å². The SMILES string of the molecule is CCOC(=O)c1c(NC(=O)C2CCCCC2C(=O)O)sc2c1CCCCCCCCCC2. The molecule has 32 heavy (non-hydrogen) atoms. The zero-order chi connectivity index (χ0) is 22.9. The van der Waals surface area contributed by atoms with Crippen molar-refractivity contribution in [2.45, 2.75) is 96.8 Å². The number of thiophene rings is 1. The van der Waals surface area contributed by atoms with E-state index in [0.29, 0.717) is 23.4 Å². The summed E-state index contributed by atoms with van der Waals surface area (Å²) >= 11 is 1.49.